The smallest absolute Gasteiger partial charge is 0.349 e. The molecule has 6 nitrogen and oxygen atoms in total. The van der Waals surface area contributed by atoms with Crippen LogP contribution < -0.4 is 10.5 Å². The number of amides is 1. The first kappa shape index (κ1) is 23.2. The van der Waals surface area contributed by atoms with Crippen LogP contribution in [0.25, 0.3) is 32.0 Å². The van der Waals surface area contributed by atoms with Crippen molar-refractivity contribution >= 4 is 54.3 Å². The maximum Gasteiger partial charge on any atom is 0.349 e. The van der Waals surface area contributed by atoms with Crippen LogP contribution in [0.15, 0.2) is 63.8 Å². The van der Waals surface area contributed by atoms with Crippen LogP contribution in [0.4, 0.5) is 5.13 Å². The zero-order valence-electron chi connectivity index (χ0n) is 20.3. The van der Waals surface area contributed by atoms with Crippen molar-refractivity contribution in [3.8, 4) is 0 Å². The Bertz CT molecular complexity index is 1600. The molecule has 0 atom stereocenters. The first-order chi connectivity index (χ1) is 16.8. The lowest BCUT2D eigenvalue weighted by Gasteiger charge is -2.20. The number of nitrogens with zero attached hydrogens (tertiary/aromatic N) is 3. The van der Waals surface area contributed by atoms with E-state index in [0.717, 1.165) is 44.9 Å². The fraction of sp³-hybridized carbons (Fsp3) is 0.250. The van der Waals surface area contributed by atoms with Crippen LogP contribution in [0.3, 0.4) is 0 Å². The molecule has 0 spiro atoms. The van der Waals surface area contributed by atoms with Crippen molar-refractivity contribution in [3.05, 3.63) is 81.7 Å². The van der Waals surface area contributed by atoms with Gasteiger partial charge >= 0.3 is 5.63 Å². The van der Waals surface area contributed by atoms with E-state index in [1.807, 2.05) is 50.5 Å². The number of benzene rings is 3. The first-order valence-electron chi connectivity index (χ1n) is 11.6. The summed E-state index contributed by atoms with van der Waals surface area (Å²) in [5, 5.41) is 3.29. The fourth-order valence-electron chi connectivity index (χ4n) is 4.28. The topological polar surface area (TPSA) is 66.7 Å². The molecule has 3 aromatic carbocycles. The SMILES string of the molecule is Cc1cc2nc(N(CCCN(C)C)C(=O)c3cc4c(ccc5ccccc54)oc3=O)sc2cc1C. The van der Waals surface area contributed by atoms with Crippen molar-refractivity contribution in [2.75, 3.05) is 32.1 Å². The van der Waals surface area contributed by atoms with Crippen molar-refractivity contribution in [3.63, 3.8) is 0 Å². The van der Waals surface area contributed by atoms with Gasteiger partial charge in [0.25, 0.3) is 5.91 Å². The van der Waals surface area contributed by atoms with Crippen molar-refractivity contribution < 1.29 is 9.21 Å². The number of aryl methyl sites for hydroxylation is 2. The molecule has 0 aliphatic heterocycles. The lowest BCUT2D eigenvalue weighted by Crippen LogP contribution is -2.36. The van der Waals surface area contributed by atoms with E-state index in [-0.39, 0.29) is 11.5 Å². The van der Waals surface area contributed by atoms with Crippen LogP contribution in [0.1, 0.15) is 27.9 Å². The molecule has 0 N–H and O–H groups in total. The van der Waals surface area contributed by atoms with Crippen molar-refractivity contribution in [2.24, 2.45) is 0 Å². The van der Waals surface area contributed by atoms with E-state index in [2.05, 4.69) is 24.8 Å². The maximum absolute atomic E-state index is 13.9. The van der Waals surface area contributed by atoms with Gasteiger partial charge < -0.3 is 9.32 Å². The molecular formula is C28H27N3O3S. The summed E-state index contributed by atoms with van der Waals surface area (Å²) >= 11 is 1.47. The largest absolute Gasteiger partial charge is 0.422 e. The number of anilines is 1. The predicted octanol–water partition coefficient (Wildman–Crippen LogP) is 5.77. The van der Waals surface area contributed by atoms with Crippen LogP contribution >= 0.6 is 11.3 Å². The Morgan fingerprint density at radius 3 is 2.54 bits per heavy atom. The molecule has 1 amide bonds. The van der Waals surface area contributed by atoms with Crippen molar-refractivity contribution in [1.82, 2.24) is 9.88 Å². The van der Waals surface area contributed by atoms with Crippen LogP contribution in [0, 0.1) is 13.8 Å². The molecular weight excluding hydrogens is 458 g/mol. The van der Waals surface area contributed by atoms with E-state index in [1.165, 1.54) is 16.9 Å². The molecule has 0 saturated carbocycles. The van der Waals surface area contributed by atoms with Gasteiger partial charge in [-0.1, -0.05) is 41.7 Å². The number of carbonyl (C=O) groups is 1. The van der Waals surface area contributed by atoms with E-state index >= 15 is 0 Å². The average Bonchev–Trinajstić information content (AvgIpc) is 3.23. The minimum atomic E-state index is -0.636. The van der Waals surface area contributed by atoms with Gasteiger partial charge in [0.2, 0.25) is 0 Å². The Hall–Kier alpha value is -3.55. The third kappa shape index (κ3) is 4.45. The number of thiazole rings is 1. The fourth-order valence-corrected chi connectivity index (χ4v) is 5.35. The molecule has 0 saturated heterocycles. The third-order valence-electron chi connectivity index (χ3n) is 6.33. The molecule has 5 aromatic rings. The van der Waals surface area contributed by atoms with Gasteiger partial charge in [-0.3, -0.25) is 9.69 Å². The van der Waals surface area contributed by atoms with E-state index in [0.29, 0.717) is 17.3 Å². The monoisotopic (exact) mass is 485 g/mol. The second-order valence-corrected chi connectivity index (χ2v) is 10.2. The number of aromatic nitrogens is 1. The summed E-state index contributed by atoms with van der Waals surface area (Å²) in [6.45, 7) is 5.38. The van der Waals surface area contributed by atoms with Crippen molar-refractivity contribution in [2.45, 2.75) is 20.3 Å². The molecule has 0 aliphatic carbocycles. The Kier molecular flexibility index (Phi) is 6.13. The van der Waals surface area contributed by atoms with Crippen LogP contribution in [0.2, 0.25) is 0 Å². The zero-order chi connectivity index (χ0) is 24.7. The average molecular weight is 486 g/mol. The Balaban J connectivity index is 1.62. The Morgan fingerprint density at radius 1 is 0.971 bits per heavy atom. The summed E-state index contributed by atoms with van der Waals surface area (Å²) in [4.78, 5) is 35.3. The Labute approximate surface area is 207 Å². The Morgan fingerprint density at radius 2 is 1.74 bits per heavy atom. The molecule has 0 unspecified atom stereocenters. The van der Waals surface area contributed by atoms with E-state index in [4.69, 9.17) is 9.40 Å². The summed E-state index contributed by atoms with van der Waals surface area (Å²) in [7, 11) is 4.00. The molecule has 0 aliphatic rings. The molecule has 2 heterocycles. The van der Waals surface area contributed by atoms with E-state index in [1.54, 1.807) is 17.0 Å². The number of rotatable bonds is 6. The second kappa shape index (κ2) is 9.24. The summed E-state index contributed by atoms with van der Waals surface area (Å²) in [5.41, 5.74) is 3.04. The summed E-state index contributed by atoms with van der Waals surface area (Å²) in [6.07, 6.45) is 0.745. The molecule has 2 aromatic heterocycles. The number of hydrogen-bond donors (Lipinski definition) is 0. The number of hydrogen-bond acceptors (Lipinski definition) is 6. The number of carbonyl (C=O) groups excluding carboxylic acids is 1. The van der Waals surface area contributed by atoms with Gasteiger partial charge in [-0.05, 0) is 87.1 Å². The molecule has 7 heteroatoms. The van der Waals surface area contributed by atoms with Gasteiger partial charge in [0.05, 0.1) is 10.2 Å². The molecule has 0 fully saturated rings. The summed E-state index contributed by atoms with van der Waals surface area (Å²) in [5.74, 6) is -0.389. The summed E-state index contributed by atoms with van der Waals surface area (Å²) in [6, 6.07) is 17.4. The van der Waals surface area contributed by atoms with Gasteiger partial charge in [0.15, 0.2) is 5.13 Å². The lowest BCUT2D eigenvalue weighted by atomic mass is 10.0. The van der Waals surface area contributed by atoms with Crippen LogP contribution in [0.5, 0.6) is 0 Å². The van der Waals surface area contributed by atoms with Crippen LogP contribution in [-0.4, -0.2) is 43.0 Å². The molecule has 178 valence electrons. The lowest BCUT2D eigenvalue weighted by molar-refractivity contribution is 0.0982. The highest BCUT2D eigenvalue weighted by Gasteiger charge is 2.25. The molecule has 0 radical (unpaired) electrons. The minimum Gasteiger partial charge on any atom is -0.422 e. The highest BCUT2D eigenvalue weighted by atomic mass is 32.1. The van der Waals surface area contributed by atoms with Crippen LogP contribution in [-0.2, 0) is 0 Å². The number of fused-ring (bicyclic) bond motifs is 4. The van der Waals surface area contributed by atoms with Gasteiger partial charge in [-0.2, -0.15) is 0 Å². The minimum absolute atomic E-state index is 0.0188. The van der Waals surface area contributed by atoms with Gasteiger partial charge in [0, 0.05) is 11.9 Å². The van der Waals surface area contributed by atoms with Crippen molar-refractivity contribution in [1.29, 1.82) is 0 Å². The molecule has 0 bridgehead atoms. The maximum atomic E-state index is 13.9. The van der Waals surface area contributed by atoms with Gasteiger partial charge in [-0.15, -0.1) is 0 Å². The second-order valence-electron chi connectivity index (χ2n) is 9.16. The first-order valence-corrected chi connectivity index (χ1v) is 12.4. The molecule has 5 rings (SSSR count). The highest BCUT2D eigenvalue weighted by molar-refractivity contribution is 7.22. The van der Waals surface area contributed by atoms with E-state index < -0.39 is 5.63 Å². The van der Waals surface area contributed by atoms with Gasteiger partial charge in [-0.25, -0.2) is 9.78 Å². The zero-order valence-corrected chi connectivity index (χ0v) is 21.1. The quantitative estimate of drug-likeness (QED) is 0.226. The highest BCUT2D eigenvalue weighted by Crippen LogP contribution is 2.32. The summed E-state index contributed by atoms with van der Waals surface area (Å²) < 4.78 is 6.63. The normalized spacial score (nSPS) is 11.7. The van der Waals surface area contributed by atoms with E-state index in [9.17, 15) is 9.59 Å². The third-order valence-corrected chi connectivity index (χ3v) is 7.37. The standard InChI is InChI=1S/C28H27N3O3S/c1-17-14-23-25(15-18(17)2)35-28(29-23)31(13-7-12-30(3)4)26(32)22-16-21-20-9-6-5-8-19(20)10-11-24(21)34-27(22)33/h5-6,8-11,14-16H,7,12-13H2,1-4H3. The van der Waals surface area contributed by atoms with Gasteiger partial charge in [0.1, 0.15) is 11.1 Å². The predicted molar refractivity (Wildman–Crippen MR) is 144 cm³/mol. The molecule has 35 heavy (non-hydrogen) atoms.